The van der Waals surface area contributed by atoms with Gasteiger partial charge in [0.15, 0.2) is 11.5 Å². The summed E-state index contributed by atoms with van der Waals surface area (Å²) in [4.78, 5) is 7.02. The van der Waals surface area contributed by atoms with Crippen LogP contribution in [0.15, 0.2) is 18.2 Å². The van der Waals surface area contributed by atoms with Crippen molar-refractivity contribution >= 4 is 0 Å². The van der Waals surface area contributed by atoms with Gasteiger partial charge in [0.1, 0.15) is 13.2 Å². The highest BCUT2D eigenvalue weighted by atomic mass is 16.6. The smallest absolute Gasteiger partial charge is 0.161 e. The highest BCUT2D eigenvalue weighted by Crippen LogP contribution is 2.33. The monoisotopic (exact) mass is 756 g/mol. The Morgan fingerprint density at radius 1 is 0.377 bits per heavy atom. The van der Waals surface area contributed by atoms with Gasteiger partial charge in [0.05, 0.1) is 106 Å². The molecule has 2 bridgehead atoms. The van der Waals surface area contributed by atoms with Gasteiger partial charge < -0.3 is 47.4 Å². The number of fused-ring (bicyclic) bond motifs is 18. The lowest BCUT2D eigenvalue weighted by atomic mass is 9.87. The van der Waals surface area contributed by atoms with Crippen LogP contribution in [0.1, 0.15) is 47.1 Å². The van der Waals surface area contributed by atoms with Crippen LogP contribution in [0.3, 0.4) is 0 Å². The Labute approximate surface area is 320 Å². The molecule has 1 aromatic carbocycles. The summed E-state index contributed by atoms with van der Waals surface area (Å²) in [7, 11) is 0. The van der Waals surface area contributed by atoms with Crippen molar-refractivity contribution in [2.45, 2.75) is 52.5 Å². The first-order valence-corrected chi connectivity index (χ1v) is 19.8. The summed E-state index contributed by atoms with van der Waals surface area (Å²) in [6, 6.07) is 6.31. The molecule has 0 spiro atoms. The molecule has 0 atom stereocenters. The topological polar surface area (TPSA) is 102 Å². The average Bonchev–Trinajstić information content (AvgIpc) is 3.12. The number of ether oxygens (including phenoxy) is 10. The minimum absolute atomic E-state index is 0.0374. The summed E-state index contributed by atoms with van der Waals surface area (Å²) in [5.74, 6) is 1.60. The number of benzene rings is 1. The van der Waals surface area contributed by atoms with Crippen LogP contribution in [0.25, 0.3) is 0 Å². The Bertz CT molecular complexity index is 1020. The molecule has 4 heterocycles. The third-order valence-corrected chi connectivity index (χ3v) is 9.17. The first-order chi connectivity index (χ1) is 25.6. The molecule has 2 saturated heterocycles. The molecular weight excluding hydrogens is 682 g/mol. The molecule has 5 rings (SSSR count). The van der Waals surface area contributed by atoms with E-state index in [1.807, 2.05) is 6.07 Å². The first-order valence-electron chi connectivity index (χ1n) is 19.8. The maximum absolute atomic E-state index is 6.29. The zero-order valence-corrected chi connectivity index (χ0v) is 34.0. The Balaban J connectivity index is 0.000000337. The van der Waals surface area contributed by atoms with Gasteiger partial charge in [-0.25, -0.2) is 0 Å². The standard InChI is InChI=1S/C26H44N2O6.C14H29NO4/c1-26(2,3)23-4-5-24-25(22-23)34-17-11-28-8-14-31-20-18-29-12-6-27(10-16-33-24)7-13-30-19-21-32-15-9-28;1-14(2,3)15-4-6-16-8-10-18-12-13-19-11-9-17-7-5-15/h4-5,22H,6-21H2,1-3H3;4-13H2,1-3H3. The highest BCUT2D eigenvalue weighted by molar-refractivity contribution is 5.45. The molecule has 1 aromatic rings. The van der Waals surface area contributed by atoms with Crippen LogP contribution in [-0.2, 0) is 43.3 Å². The quantitative estimate of drug-likeness (QED) is 0.386. The molecule has 0 aromatic heterocycles. The van der Waals surface area contributed by atoms with E-state index in [4.69, 9.17) is 47.4 Å². The molecule has 13 nitrogen and oxygen atoms in total. The van der Waals surface area contributed by atoms with E-state index >= 15 is 0 Å². The highest BCUT2D eigenvalue weighted by Gasteiger charge is 2.21. The summed E-state index contributed by atoms with van der Waals surface area (Å²) in [6.45, 7) is 31.5. The molecule has 53 heavy (non-hydrogen) atoms. The maximum atomic E-state index is 6.29. The molecule has 4 aliphatic heterocycles. The van der Waals surface area contributed by atoms with Crippen LogP contribution in [0.5, 0.6) is 11.5 Å². The Morgan fingerprint density at radius 3 is 1.06 bits per heavy atom. The zero-order chi connectivity index (χ0) is 38.0. The third-order valence-electron chi connectivity index (χ3n) is 9.17. The lowest BCUT2D eigenvalue weighted by Gasteiger charge is -2.35. The number of nitrogens with zero attached hydrogens (tertiary/aromatic N) is 3. The van der Waals surface area contributed by atoms with Crippen molar-refractivity contribution in [1.82, 2.24) is 14.7 Å². The van der Waals surface area contributed by atoms with Crippen LogP contribution in [0.2, 0.25) is 0 Å². The van der Waals surface area contributed by atoms with Crippen LogP contribution >= 0.6 is 0 Å². The molecule has 0 N–H and O–H groups in total. The Morgan fingerprint density at radius 2 is 0.698 bits per heavy atom. The number of hydrogen-bond donors (Lipinski definition) is 0. The van der Waals surface area contributed by atoms with Gasteiger partial charge in [-0.1, -0.05) is 26.8 Å². The van der Waals surface area contributed by atoms with Gasteiger partial charge in [-0.2, -0.15) is 0 Å². The molecule has 308 valence electrons. The fourth-order valence-electron chi connectivity index (χ4n) is 5.76. The van der Waals surface area contributed by atoms with Gasteiger partial charge in [-0.3, -0.25) is 14.7 Å². The van der Waals surface area contributed by atoms with E-state index in [2.05, 4.69) is 68.4 Å². The second-order valence-corrected chi connectivity index (χ2v) is 15.3. The predicted molar refractivity (Wildman–Crippen MR) is 207 cm³/mol. The predicted octanol–water partition coefficient (Wildman–Crippen LogP) is 3.61. The fraction of sp³-hybridized carbons (Fsp3) is 0.850. The molecule has 0 aliphatic carbocycles. The molecule has 4 aliphatic rings. The van der Waals surface area contributed by atoms with Crippen molar-refractivity contribution < 1.29 is 47.4 Å². The molecule has 13 heteroatoms. The molecule has 0 amide bonds. The molecule has 0 unspecified atom stereocenters. The van der Waals surface area contributed by atoms with E-state index < -0.39 is 0 Å². The molecule has 0 radical (unpaired) electrons. The zero-order valence-electron chi connectivity index (χ0n) is 34.0. The third kappa shape index (κ3) is 21.3. The van der Waals surface area contributed by atoms with Crippen molar-refractivity contribution in [2.75, 3.05) is 171 Å². The second-order valence-electron chi connectivity index (χ2n) is 15.3. The van der Waals surface area contributed by atoms with Crippen LogP contribution in [0, 0.1) is 0 Å². The van der Waals surface area contributed by atoms with E-state index in [-0.39, 0.29) is 11.0 Å². The fourth-order valence-corrected chi connectivity index (χ4v) is 5.76. The van der Waals surface area contributed by atoms with E-state index in [0.29, 0.717) is 106 Å². The Kier molecular flexibility index (Phi) is 23.4. The van der Waals surface area contributed by atoms with Gasteiger partial charge in [-0.15, -0.1) is 0 Å². The van der Waals surface area contributed by atoms with Crippen molar-refractivity contribution in [2.24, 2.45) is 0 Å². The van der Waals surface area contributed by atoms with Crippen molar-refractivity contribution in [3.63, 3.8) is 0 Å². The first kappa shape index (κ1) is 45.8. The lowest BCUT2D eigenvalue weighted by molar-refractivity contribution is 0.00206. The van der Waals surface area contributed by atoms with Gasteiger partial charge in [0.2, 0.25) is 0 Å². The van der Waals surface area contributed by atoms with Crippen LogP contribution < -0.4 is 9.47 Å². The largest absolute Gasteiger partial charge is 0.488 e. The second kappa shape index (κ2) is 27.1. The average molecular weight is 756 g/mol. The van der Waals surface area contributed by atoms with E-state index in [1.54, 1.807) is 0 Å². The van der Waals surface area contributed by atoms with Crippen LogP contribution in [-0.4, -0.2) is 192 Å². The number of hydrogen-bond acceptors (Lipinski definition) is 13. The normalized spacial score (nSPS) is 24.7. The summed E-state index contributed by atoms with van der Waals surface area (Å²) < 4.78 is 57.7. The molecule has 2 fully saturated rings. The van der Waals surface area contributed by atoms with Crippen molar-refractivity contribution in [3.05, 3.63) is 23.8 Å². The van der Waals surface area contributed by atoms with Gasteiger partial charge >= 0.3 is 0 Å². The van der Waals surface area contributed by atoms with E-state index in [0.717, 1.165) is 77.1 Å². The summed E-state index contributed by atoms with van der Waals surface area (Å²) >= 11 is 0. The van der Waals surface area contributed by atoms with Crippen molar-refractivity contribution in [3.8, 4) is 11.5 Å². The summed E-state index contributed by atoms with van der Waals surface area (Å²) in [5.41, 5.74) is 1.40. The minimum atomic E-state index is 0.0374. The van der Waals surface area contributed by atoms with E-state index in [1.165, 1.54) is 5.56 Å². The lowest BCUT2D eigenvalue weighted by Crippen LogP contribution is -2.45. The van der Waals surface area contributed by atoms with Crippen LogP contribution in [0.4, 0.5) is 0 Å². The maximum Gasteiger partial charge on any atom is 0.161 e. The Hall–Kier alpha value is -1.62. The van der Waals surface area contributed by atoms with E-state index in [9.17, 15) is 0 Å². The minimum Gasteiger partial charge on any atom is -0.488 e. The van der Waals surface area contributed by atoms with Gasteiger partial charge in [0.25, 0.3) is 0 Å². The summed E-state index contributed by atoms with van der Waals surface area (Å²) in [6.07, 6.45) is 0. The van der Waals surface area contributed by atoms with Gasteiger partial charge in [0, 0.05) is 57.9 Å². The molecular formula is C40H73N3O10. The van der Waals surface area contributed by atoms with Gasteiger partial charge in [-0.05, 0) is 43.9 Å². The number of rotatable bonds is 0. The molecule has 0 saturated carbocycles. The summed E-state index contributed by atoms with van der Waals surface area (Å²) in [5, 5.41) is 0. The van der Waals surface area contributed by atoms with Crippen molar-refractivity contribution in [1.29, 1.82) is 0 Å². The SMILES string of the molecule is CC(C)(C)N1CCOCCOCCOCCOCC1.CC(C)(C)c1ccc2c(c1)OCCN1CCOCCOCCN(CCOCCOCC1)CCO2.